The Hall–Kier alpha value is -1.86. The summed E-state index contributed by atoms with van der Waals surface area (Å²) in [5, 5.41) is 4.47. The topological polar surface area (TPSA) is 64.4 Å². The molecule has 0 N–H and O–H groups in total. The molecule has 25 heavy (non-hydrogen) atoms. The normalized spacial score (nSPS) is 19.6. The molecule has 0 saturated carbocycles. The minimum absolute atomic E-state index is 0.234. The van der Waals surface area contributed by atoms with E-state index in [0.29, 0.717) is 12.3 Å². The summed E-state index contributed by atoms with van der Waals surface area (Å²) >= 11 is 0. The fourth-order valence-corrected chi connectivity index (χ4v) is 5.30. The summed E-state index contributed by atoms with van der Waals surface area (Å²) in [5.74, 6) is 0.384. The molecule has 1 aliphatic rings. The molecular formula is C18H25N3O3S. The second kappa shape index (κ2) is 7.17. The molecule has 1 aromatic heterocycles. The summed E-state index contributed by atoms with van der Waals surface area (Å²) in [5.41, 5.74) is 1.70. The van der Waals surface area contributed by atoms with Crippen LogP contribution < -0.4 is 4.74 Å². The zero-order valence-corrected chi connectivity index (χ0v) is 15.8. The second-order valence-corrected chi connectivity index (χ2v) is 8.41. The first-order valence-electron chi connectivity index (χ1n) is 8.59. The summed E-state index contributed by atoms with van der Waals surface area (Å²) in [7, 11) is -0.327. The number of nitrogens with zero attached hydrogens (tertiary/aromatic N) is 3. The van der Waals surface area contributed by atoms with Crippen molar-refractivity contribution < 1.29 is 13.2 Å². The maximum absolute atomic E-state index is 13.5. The molecule has 1 atom stereocenters. The molecule has 0 radical (unpaired) electrons. The third-order valence-corrected chi connectivity index (χ3v) is 6.61. The van der Waals surface area contributed by atoms with Gasteiger partial charge < -0.3 is 4.74 Å². The summed E-state index contributed by atoms with van der Waals surface area (Å²) < 4.78 is 35.6. The van der Waals surface area contributed by atoms with Gasteiger partial charge in [0.2, 0.25) is 10.0 Å². The highest BCUT2D eigenvalue weighted by Gasteiger charge is 2.36. The SMILES string of the molecule is COc1ccc(C)cc1S(=O)(=O)N1CCCCC[C@@H]1c1ccn(C)n1. The zero-order valence-electron chi connectivity index (χ0n) is 15.0. The van der Waals surface area contributed by atoms with Crippen LogP contribution in [0.2, 0.25) is 0 Å². The van der Waals surface area contributed by atoms with Gasteiger partial charge in [-0.15, -0.1) is 0 Å². The lowest BCUT2D eigenvalue weighted by Gasteiger charge is -2.28. The fourth-order valence-electron chi connectivity index (χ4n) is 3.39. The highest BCUT2D eigenvalue weighted by molar-refractivity contribution is 7.89. The third kappa shape index (κ3) is 3.57. The molecular weight excluding hydrogens is 338 g/mol. The molecule has 3 rings (SSSR count). The van der Waals surface area contributed by atoms with Crippen LogP contribution in [0.5, 0.6) is 5.75 Å². The van der Waals surface area contributed by atoms with Crippen LogP contribution in [0.15, 0.2) is 35.4 Å². The Bertz CT molecular complexity index is 845. The predicted molar refractivity (Wildman–Crippen MR) is 96.0 cm³/mol. The number of ether oxygens (including phenoxy) is 1. The number of benzene rings is 1. The van der Waals surface area contributed by atoms with E-state index in [-0.39, 0.29) is 10.9 Å². The van der Waals surface area contributed by atoms with Gasteiger partial charge in [-0.05, 0) is 43.5 Å². The van der Waals surface area contributed by atoms with Gasteiger partial charge in [-0.25, -0.2) is 8.42 Å². The molecule has 1 saturated heterocycles. The first kappa shape index (κ1) is 17.9. The number of hydrogen-bond donors (Lipinski definition) is 0. The number of hydrogen-bond acceptors (Lipinski definition) is 4. The Morgan fingerprint density at radius 2 is 2.00 bits per heavy atom. The lowest BCUT2D eigenvalue weighted by atomic mass is 10.1. The monoisotopic (exact) mass is 363 g/mol. The van der Waals surface area contributed by atoms with Gasteiger partial charge in [0.25, 0.3) is 0 Å². The predicted octanol–water partition coefficient (Wildman–Crippen LogP) is 3.04. The Balaban J connectivity index is 2.08. The van der Waals surface area contributed by atoms with Gasteiger partial charge >= 0.3 is 0 Å². The van der Waals surface area contributed by atoms with Crippen LogP contribution in [-0.4, -0.2) is 36.2 Å². The Kier molecular flexibility index (Phi) is 5.15. The van der Waals surface area contributed by atoms with Crippen molar-refractivity contribution in [3.8, 4) is 5.75 Å². The average molecular weight is 363 g/mol. The van der Waals surface area contributed by atoms with Crippen molar-refractivity contribution >= 4 is 10.0 Å². The van der Waals surface area contributed by atoms with E-state index in [9.17, 15) is 8.42 Å². The van der Waals surface area contributed by atoms with E-state index in [1.165, 1.54) is 7.11 Å². The summed E-state index contributed by atoms with van der Waals surface area (Å²) in [6, 6.07) is 6.94. The zero-order chi connectivity index (χ0) is 18.0. The third-order valence-electron chi connectivity index (χ3n) is 4.69. The molecule has 7 heteroatoms. The number of sulfonamides is 1. The molecule has 0 unspecified atom stereocenters. The van der Waals surface area contributed by atoms with E-state index in [0.717, 1.165) is 36.9 Å². The van der Waals surface area contributed by atoms with Gasteiger partial charge in [0, 0.05) is 19.8 Å². The van der Waals surface area contributed by atoms with Crippen LogP contribution in [0.1, 0.15) is 43.0 Å². The lowest BCUT2D eigenvalue weighted by molar-refractivity contribution is 0.319. The van der Waals surface area contributed by atoms with Crippen LogP contribution in [0.25, 0.3) is 0 Å². The molecule has 0 bridgehead atoms. The average Bonchev–Trinajstić information content (AvgIpc) is 2.86. The van der Waals surface area contributed by atoms with Crippen molar-refractivity contribution in [2.45, 2.75) is 43.5 Å². The van der Waals surface area contributed by atoms with Gasteiger partial charge in [-0.2, -0.15) is 9.40 Å². The van der Waals surface area contributed by atoms with E-state index in [4.69, 9.17) is 4.74 Å². The van der Waals surface area contributed by atoms with Crippen LogP contribution >= 0.6 is 0 Å². The summed E-state index contributed by atoms with van der Waals surface area (Å²) in [4.78, 5) is 0.234. The maximum Gasteiger partial charge on any atom is 0.247 e. The quantitative estimate of drug-likeness (QED) is 0.837. The Morgan fingerprint density at radius 1 is 1.20 bits per heavy atom. The van der Waals surface area contributed by atoms with Crippen molar-refractivity contribution in [3.63, 3.8) is 0 Å². The Morgan fingerprint density at radius 3 is 2.68 bits per heavy atom. The van der Waals surface area contributed by atoms with E-state index >= 15 is 0 Å². The van der Waals surface area contributed by atoms with E-state index < -0.39 is 10.0 Å². The van der Waals surface area contributed by atoms with Crippen molar-refractivity contribution in [2.75, 3.05) is 13.7 Å². The van der Waals surface area contributed by atoms with Gasteiger partial charge in [0.1, 0.15) is 10.6 Å². The van der Waals surface area contributed by atoms with Gasteiger partial charge in [-0.3, -0.25) is 4.68 Å². The van der Waals surface area contributed by atoms with Crippen LogP contribution in [0.3, 0.4) is 0 Å². The fraction of sp³-hybridized carbons (Fsp3) is 0.500. The summed E-state index contributed by atoms with van der Waals surface area (Å²) in [6.07, 6.45) is 5.53. The molecule has 2 aromatic rings. The minimum Gasteiger partial charge on any atom is -0.495 e. The van der Waals surface area contributed by atoms with Crippen LogP contribution in [0, 0.1) is 6.92 Å². The molecule has 2 heterocycles. The van der Waals surface area contributed by atoms with E-state index in [1.807, 2.05) is 32.3 Å². The van der Waals surface area contributed by atoms with E-state index in [2.05, 4.69) is 5.10 Å². The number of rotatable bonds is 4. The maximum atomic E-state index is 13.5. The van der Waals surface area contributed by atoms with Crippen molar-refractivity contribution in [2.24, 2.45) is 7.05 Å². The van der Waals surface area contributed by atoms with E-state index in [1.54, 1.807) is 21.1 Å². The molecule has 136 valence electrons. The van der Waals surface area contributed by atoms with Gasteiger partial charge in [0.15, 0.2) is 0 Å². The van der Waals surface area contributed by atoms with Gasteiger partial charge in [0.05, 0.1) is 18.8 Å². The van der Waals surface area contributed by atoms with Crippen LogP contribution in [-0.2, 0) is 17.1 Å². The molecule has 1 aromatic carbocycles. The Labute approximate surface area is 149 Å². The molecule has 1 aliphatic heterocycles. The molecule has 0 aliphatic carbocycles. The highest BCUT2D eigenvalue weighted by atomic mass is 32.2. The second-order valence-electron chi connectivity index (χ2n) is 6.55. The molecule has 6 nitrogen and oxygen atoms in total. The largest absolute Gasteiger partial charge is 0.495 e. The molecule has 1 fully saturated rings. The first-order chi connectivity index (χ1) is 11.9. The number of aryl methyl sites for hydroxylation is 2. The smallest absolute Gasteiger partial charge is 0.247 e. The first-order valence-corrected chi connectivity index (χ1v) is 10.0. The van der Waals surface area contributed by atoms with Crippen molar-refractivity contribution in [3.05, 3.63) is 41.7 Å². The number of methoxy groups -OCH3 is 1. The minimum atomic E-state index is -3.68. The highest BCUT2D eigenvalue weighted by Crippen LogP contribution is 2.36. The number of aromatic nitrogens is 2. The summed E-state index contributed by atoms with van der Waals surface area (Å²) in [6.45, 7) is 2.39. The standard InChI is InChI=1S/C18H25N3O3S/c1-14-8-9-17(24-3)18(13-14)25(22,23)21-11-6-4-5-7-16(21)15-10-12-20(2)19-15/h8-10,12-13,16H,4-7,11H2,1-3H3/t16-/m1/s1. The van der Waals surface area contributed by atoms with Gasteiger partial charge in [-0.1, -0.05) is 18.9 Å². The lowest BCUT2D eigenvalue weighted by Crippen LogP contribution is -2.35. The van der Waals surface area contributed by atoms with Crippen molar-refractivity contribution in [1.82, 2.24) is 14.1 Å². The molecule has 0 amide bonds. The molecule has 0 spiro atoms. The van der Waals surface area contributed by atoms with Crippen LogP contribution in [0.4, 0.5) is 0 Å². The van der Waals surface area contributed by atoms with Crippen molar-refractivity contribution in [1.29, 1.82) is 0 Å².